The molecule has 0 spiro atoms. The maximum Gasteiger partial charge on any atom is 0.521 e. The van der Waals surface area contributed by atoms with Crippen LogP contribution in [0.25, 0.3) is 0 Å². The van der Waals surface area contributed by atoms with Gasteiger partial charge in [0.2, 0.25) is 5.91 Å². The fraction of sp³-hybridized carbons (Fsp3) is 0.474. The molecular weight excluding hydrogens is 421 g/mol. The summed E-state index contributed by atoms with van der Waals surface area (Å²) in [6, 6.07) is 6.77. The molecule has 0 bridgehead atoms. The van der Waals surface area contributed by atoms with Crippen LogP contribution in [0.2, 0.25) is 0 Å². The average Bonchev–Trinajstić information content (AvgIpc) is 3.24. The highest BCUT2D eigenvalue weighted by Gasteiger charge is 2.36. The molecule has 12 heteroatoms. The molecule has 1 aliphatic heterocycles. The molecule has 1 aromatic heterocycles. The number of aromatic nitrogens is 3. The number of esters is 1. The van der Waals surface area contributed by atoms with Crippen molar-refractivity contribution in [3.63, 3.8) is 0 Å². The van der Waals surface area contributed by atoms with Crippen molar-refractivity contribution < 1.29 is 37.0 Å². The summed E-state index contributed by atoms with van der Waals surface area (Å²) in [5.74, 6) is -0.254. The van der Waals surface area contributed by atoms with Crippen LogP contribution in [-0.4, -0.2) is 64.7 Å². The van der Waals surface area contributed by atoms with Crippen molar-refractivity contribution in [3.05, 3.63) is 41.7 Å². The van der Waals surface area contributed by atoms with E-state index in [4.69, 9.17) is 9.47 Å². The predicted octanol–water partition coefficient (Wildman–Crippen LogP) is 1.84. The van der Waals surface area contributed by atoms with Gasteiger partial charge in [0.05, 0.1) is 19.9 Å². The molecule has 1 aromatic carbocycles. The van der Waals surface area contributed by atoms with E-state index in [1.807, 2.05) is 6.92 Å². The molecule has 3 rings (SSSR count). The van der Waals surface area contributed by atoms with E-state index in [2.05, 4.69) is 14.9 Å². The van der Waals surface area contributed by atoms with Gasteiger partial charge in [-0.1, -0.05) is 16.9 Å². The molecule has 2 aromatic rings. The number of ether oxygens (including phenoxy) is 3. The van der Waals surface area contributed by atoms with E-state index in [-0.39, 0.29) is 42.2 Å². The van der Waals surface area contributed by atoms with Gasteiger partial charge in [-0.15, -0.1) is 18.3 Å². The second-order valence-corrected chi connectivity index (χ2v) is 6.93. The monoisotopic (exact) mass is 442 g/mol. The summed E-state index contributed by atoms with van der Waals surface area (Å²) in [5, 5.41) is 6.64. The Morgan fingerprint density at radius 3 is 2.65 bits per heavy atom. The Labute approximate surface area is 175 Å². The number of carbonyl (C=O) groups is 2. The van der Waals surface area contributed by atoms with E-state index in [0.29, 0.717) is 12.2 Å². The zero-order valence-corrected chi connectivity index (χ0v) is 16.8. The number of nitrogens with zero attached hydrogens (tertiary/aromatic N) is 4. The Kier molecular flexibility index (Phi) is 6.78. The minimum Gasteiger partial charge on any atom is -0.482 e. The number of halogens is 3. The molecule has 1 saturated heterocycles. The summed E-state index contributed by atoms with van der Waals surface area (Å²) in [7, 11) is 1.27. The largest absolute Gasteiger partial charge is 0.521 e. The van der Waals surface area contributed by atoms with Crippen molar-refractivity contribution in [3.8, 4) is 5.75 Å². The zero-order valence-electron chi connectivity index (χ0n) is 16.8. The Bertz CT molecular complexity index is 916. The molecule has 1 aliphatic rings. The van der Waals surface area contributed by atoms with Crippen LogP contribution in [0.4, 0.5) is 13.2 Å². The molecule has 0 saturated carbocycles. The third-order valence-electron chi connectivity index (χ3n) is 4.73. The highest BCUT2D eigenvalue weighted by atomic mass is 19.4. The first-order valence-corrected chi connectivity index (χ1v) is 9.36. The van der Waals surface area contributed by atoms with Crippen LogP contribution in [0, 0.1) is 0 Å². The minimum absolute atomic E-state index is 0.00846. The van der Waals surface area contributed by atoms with E-state index in [1.165, 1.54) is 7.11 Å². The molecule has 1 amide bonds. The highest BCUT2D eigenvalue weighted by molar-refractivity contribution is 5.78. The first kappa shape index (κ1) is 22.5. The summed E-state index contributed by atoms with van der Waals surface area (Å²) >= 11 is 0. The van der Waals surface area contributed by atoms with Gasteiger partial charge in [0.1, 0.15) is 24.2 Å². The van der Waals surface area contributed by atoms with Gasteiger partial charge < -0.3 is 19.1 Å². The van der Waals surface area contributed by atoms with Gasteiger partial charge in [0, 0.05) is 6.04 Å². The number of alkyl halides is 3. The van der Waals surface area contributed by atoms with Gasteiger partial charge in [0.15, 0.2) is 6.61 Å². The van der Waals surface area contributed by atoms with Crippen molar-refractivity contribution in [2.75, 3.05) is 26.9 Å². The number of methoxy groups -OCH3 is 1. The minimum atomic E-state index is -4.72. The molecule has 2 heterocycles. The first-order chi connectivity index (χ1) is 14.7. The predicted molar refractivity (Wildman–Crippen MR) is 98.8 cm³/mol. The molecule has 0 aliphatic carbocycles. The smallest absolute Gasteiger partial charge is 0.482 e. The Balaban J connectivity index is 1.61. The van der Waals surface area contributed by atoms with E-state index >= 15 is 0 Å². The lowest BCUT2D eigenvalue weighted by atomic mass is 10.0. The molecule has 2 atom stereocenters. The SMILES string of the molecule is COC(=O)COc1ccc(CC(C)N2CC(c3cnn(C(F)(F)F)n3)OCC2=O)cc1. The standard InChI is InChI=1S/C19H21F3N4O5/c1-12(7-13-3-5-14(6-4-13)30-11-18(28)29-2)25-9-16(31-10-17(25)27)15-8-23-26(24-15)19(20,21)22/h3-6,8,12,16H,7,9-11H2,1-2H3. The highest BCUT2D eigenvalue weighted by Crippen LogP contribution is 2.26. The fourth-order valence-corrected chi connectivity index (χ4v) is 3.11. The molecule has 31 heavy (non-hydrogen) atoms. The normalized spacial score (nSPS) is 18.0. The summed E-state index contributed by atoms with van der Waals surface area (Å²) in [4.78, 5) is 24.7. The second-order valence-electron chi connectivity index (χ2n) is 6.93. The van der Waals surface area contributed by atoms with E-state index in [9.17, 15) is 22.8 Å². The van der Waals surface area contributed by atoms with Crippen molar-refractivity contribution in [2.24, 2.45) is 0 Å². The molecular formula is C19H21F3N4O5. The Morgan fingerprint density at radius 2 is 2.03 bits per heavy atom. The maximum atomic E-state index is 12.7. The van der Waals surface area contributed by atoms with Gasteiger partial charge in [-0.3, -0.25) is 4.79 Å². The van der Waals surface area contributed by atoms with Crippen molar-refractivity contribution in [1.82, 2.24) is 19.9 Å². The molecule has 9 nitrogen and oxygen atoms in total. The number of rotatable bonds is 7. The van der Waals surface area contributed by atoms with Crippen LogP contribution < -0.4 is 4.74 Å². The zero-order chi connectivity index (χ0) is 22.6. The summed E-state index contributed by atoms with van der Waals surface area (Å²) in [6.07, 6.45) is -4.03. The van der Waals surface area contributed by atoms with Gasteiger partial charge >= 0.3 is 12.3 Å². The lowest BCUT2D eigenvalue weighted by molar-refractivity contribution is -0.221. The number of benzene rings is 1. The molecule has 0 radical (unpaired) electrons. The second kappa shape index (κ2) is 9.33. The van der Waals surface area contributed by atoms with Gasteiger partial charge in [-0.2, -0.15) is 5.10 Å². The van der Waals surface area contributed by atoms with Crippen molar-refractivity contribution in [1.29, 1.82) is 0 Å². The van der Waals surface area contributed by atoms with E-state index in [1.54, 1.807) is 29.2 Å². The molecule has 0 N–H and O–H groups in total. The van der Waals surface area contributed by atoms with Gasteiger partial charge in [-0.05, 0) is 31.0 Å². The van der Waals surface area contributed by atoms with Crippen LogP contribution in [0.15, 0.2) is 30.5 Å². The van der Waals surface area contributed by atoms with Gasteiger partial charge in [-0.25, -0.2) is 4.79 Å². The summed E-state index contributed by atoms with van der Waals surface area (Å²) in [5.41, 5.74) is 0.922. The quantitative estimate of drug-likeness (QED) is 0.604. The van der Waals surface area contributed by atoms with Crippen LogP contribution >= 0.6 is 0 Å². The van der Waals surface area contributed by atoms with E-state index < -0.39 is 18.4 Å². The van der Waals surface area contributed by atoms with E-state index in [0.717, 1.165) is 11.8 Å². The van der Waals surface area contributed by atoms with Gasteiger partial charge in [0.25, 0.3) is 0 Å². The average molecular weight is 442 g/mol. The topological polar surface area (TPSA) is 95.8 Å². The van der Waals surface area contributed by atoms with Crippen LogP contribution in [-0.2, 0) is 31.8 Å². The maximum absolute atomic E-state index is 12.7. The fourth-order valence-electron chi connectivity index (χ4n) is 3.11. The summed E-state index contributed by atoms with van der Waals surface area (Å²) in [6.45, 7) is 1.45. The lowest BCUT2D eigenvalue weighted by Crippen LogP contribution is -2.48. The third-order valence-corrected chi connectivity index (χ3v) is 4.73. The van der Waals surface area contributed by atoms with Crippen LogP contribution in [0.3, 0.4) is 0 Å². The number of hydrogen-bond donors (Lipinski definition) is 0. The third kappa shape index (κ3) is 5.72. The number of hydrogen-bond acceptors (Lipinski definition) is 7. The molecule has 168 valence electrons. The molecule has 2 unspecified atom stereocenters. The Hall–Kier alpha value is -3.15. The lowest BCUT2D eigenvalue weighted by Gasteiger charge is -2.36. The summed E-state index contributed by atoms with van der Waals surface area (Å²) < 4.78 is 53.3. The number of morpholine rings is 1. The van der Waals surface area contributed by atoms with Crippen LogP contribution in [0.5, 0.6) is 5.75 Å². The first-order valence-electron chi connectivity index (χ1n) is 9.36. The number of amides is 1. The molecule has 1 fully saturated rings. The Morgan fingerprint density at radius 1 is 1.32 bits per heavy atom. The van der Waals surface area contributed by atoms with Crippen molar-refractivity contribution >= 4 is 11.9 Å². The van der Waals surface area contributed by atoms with Crippen molar-refractivity contribution in [2.45, 2.75) is 31.8 Å². The van der Waals surface area contributed by atoms with Crippen LogP contribution in [0.1, 0.15) is 24.3 Å². The number of carbonyl (C=O) groups excluding carboxylic acids is 2.